The normalized spacial score (nSPS) is 11.1. The minimum absolute atomic E-state index is 0.0187. The Hall–Kier alpha value is -3.84. The fraction of sp³-hybridized carbons (Fsp3) is 0.143. The number of H-pyrrole nitrogens is 1. The smallest absolute Gasteiger partial charge is 0.276 e. The zero-order chi connectivity index (χ0) is 24.9. The Kier molecular flexibility index (Phi) is 7.58. The van der Waals surface area contributed by atoms with Crippen LogP contribution in [0.3, 0.4) is 0 Å². The minimum Gasteiger partial charge on any atom is -0.346 e. The molecule has 0 bridgehead atoms. The molecule has 0 atom stereocenters. The van der Waals surface area contributed by atoms with E-state index in [0.717, 1.165) is 12.1 Å². The predicted molar refractivity (Wildman–Crippen MR) is 125 cm³/mol. The van der Waals surface area contributed by atoms with Gasteiger partial charge < -0.3 is 20.9 Å². The van der Waals surface area contributed by atoms with Crippen LogP contribution >= 0.6 is 11.6 Å². The fourth-order valence-corrected chi connectivity index (χ4v) is 3.00. The Labute approximate surface area is 198 Å². The molecule has 0 saturated carbocycles. The lowest BCUT2D eigenvalue weighted by molar-refractivity contribution is 0.0924. The number of nitrogens with one attached hydrogen (secondary N) is 5. The summed E-state index contributed by atoms with van der Waals surface area (Å²) in [5.74, 6) is -3.65. The van der Waals surface area contributed by atoms with E-state index >= 15 is 0 Å². The maximum Gasteiger partial charge on any atom is 0.276 e. The van der Waals surface area contributed by atoms with Gasteiger partial charge in [-0.2, -0.15) is 0 Å². The van der Waals surface area contributed by atoms with Gasteiger partial charge in [0.25, 0.3) is 17.7 Å². The number of imidazole rings is 1. The standard InChI is InChI=1S/C21H22ClFN8O3/c1-26-21(24,25)9-27-19(33)16-17(29-10-28-16)20(34)31-13-5-3-12(4-6-13)30-18(32)14-7-2-11(23)8-15(14)22/h2-8,10,26H,9,24-25H2,1H3,(H,27,33)(H,28,29)(H,30,32)(H,31,34). The average Bonchev–Trinajstić information content (AvgIpc) is 3.29. The van der Waals surface area contributed by atoms with Crippen molar-refractivity contribution in [2.24, 2.45) is 11.5 Å². The molecule has 0 unspecified atom stereocenters. The summed E-state index contributed by atoms with van der Waals surface area (Å²) >= 11 is 5.91. The van der Waals surface area contributed by atoms with Crippen LogP contribution in [0, 0.1) is 5.82 Å². The molecule has 34 heavy (non-hydrogen) atoms. The number of aromatic amines is 1. The number of carbonyl (C=O) groups is 3. The van der Waals surface area contributed by atoms with Crippen molar-refractivity contribution in [3.05, 3.63) is 76.6 Å². The molecule has 1 aromatic heterocycles. The third kappa shape index (κ3) is 6.14. The lowest BCUT2D eigenvalue weighted by Crippen LogP contribution is -2.66. The van der Waals surface area contributed by atoms with Crippen molar-refractivity contribution in [3.63, 3.8) is 0 Å². The molecule has 2 aromatic carbocycles. The minimum atomic E-state index is -1.32. The lowest BCUT2D eigenvalue weighted by Gasteiger charge is -2.23. The van der Waals surface area contributed by atoms with Crippen LogP contribution in [-0.2, 0) is 0 Å². The largest absolute Gasteiger partial charge is 0.346 e. The summed E-state index contributed by atoms with van der Waals surface area (Å²) in [5.41, 5.74) is 12.1. The number of hydrogen-bond acceptors (Lipinski definition) is 7. The number of benzene rings is 2. The van der Waals surface area contributed by atoms with Gasteiger partial charge in [0, 0.05) is 11.4 Å². The van der Waals surface area contributed by atoms with Crippen LogP contribution in [0.2, 0.25) is 5.02 Å². The summed E-state index contributed by atoms with van der Waals surface area (Å²) in [7, 11) is 1.54. The molecule has 3 rings (SSSR count). The van der Waals surface area contributed by atoms with Crippen molar-refractivity contribution < 1.29 is 18.8 Å². The molecule has 11 nitrogen and oxygen atoms in total. The first kappa shape index (κ1) is 24.8. The zero-order valence-electron chi connectivity index (χ0n) is 17.9. The van der Waals surface area contributed by atoms with E-state index < -0.39 is 29.3 Å². The number of likely N-dealkylation sites (N-methyl/N-ethyl adjacent to an activating group) is 1. The molecule has 3 amide bonds. The SMILES string of the molecule is CNC(N)(N)CNC(=O)c1[nH]cnc1C(=O)Nc1ccc(NC(=O)c2ccc(F)cc2Cl)cc1. The van der Waals surface area contributed by atoms with Crippen LogP contribution in [0.15, 0.2) is 48.8 Å². The van der Waals surface area contributed by atoms with E-state index in [2.05, 4.69) is 31.2 Å². The van der Waals surface area contributed by atoms with Gasteiger partial charge >= 0.3 is 0 Å². The number of carbonyl (C=O) groups excluding carboxylic acids is 3. The van der Waals surface area contributed by atoms with Gasteiger partial charge in [0.2, 0.25) is 0 Å². The van der Waals surface area contributed by atoms with Crippen LogP contribution in [0.4, 0.5) is 15.8 Å². The number of nitrogens with two attached hydrogens (primary N) is 2. The summed E-state index contributed by atoms with van der Waals surface area (Å²) in [6, 6.07) is 9.62. The van der Waals surface area contributed by atoms with Gasteiger partial charge in [-0.1, -0.05) is 11.6 Å². The number of hydrogen-bond donors (Lipinski definition) is 7. The van der Waals surface area contributed by atoms with Crippen molar-refractivity contribution in [2.45, 2.75) is 5.79 Å². The van der Waals surface area contributed by atoms with E-state index in [1.807, 2.05) is 0 Å². The molecule has 178 valence electrons. The van der Waals surface area contributed by atoms with Gasteiger partial charge in [-0.25, -0.2) is 9.37 Å². The fourth-order valence-electron chi connectivity index (χ4n) is 2.74. The van der Waals surface area contributed by atoms with Crippen LogP contribution < -0.4 is 32.7 Å². The summed E-state index contributed by atoms with van der Waals surface area (Å²) in [4.78, 5) is 43.9. The molecule has 9 N–H and O–H groups in total. The monoisotopic (exact) mass is 488 g/mol. The Morgan fingerprint density at radius 1 is 1.03 bits per heavy atom. The Balaban J connectivity index is 1.63. The number of nitrogens with zero attached hydrogens (tertiary/aromatic N) is 1. The predicted octanol–water partition coefficient (Wildman–Crippen LogP) is 1.23. The molecule has 0 aliphatic rings. The highest BCUT2D eigenvalue weighted by atomic mass is 35.5. The average molecular weight is 489 g/mol. The van der Waals surface area contributed by atoms with Crippen molar-refractivity contribution in [1.82, 2.24) is 20.6 Å². The molecule has 3 aromatic rings. The van der Waals surface area contributed by atoms with Crippen LogP contribution in [0.1, 0.15) is 31.3 Å². The van der Waals surface area contributed by atoms with Gasteiger partial charge in [0.05, 0.1) is 23.5 Å². The van der Waals surface area contributed by atoms with Crippen LogP contribution in [0.25, 0.3) is 0 Å². The third-order valence-electron chi connectivity index (χ3n) is 4.66. The van der Waals surface area contributed by atoms with Crippen molar-refractivity contribution in [2.75, 3.05) is 24.2 Å². The number of amides is 3. The first-order valence-corrected chi connectivity index (χ1v) is 10.2. The molecule has 0 fully saturated rings. The van der Waals surface area contributed by atoms with Gasteiger partial charge in [0.1, 0.15) is 17.3 Å². The van der Waals surface area contributed by atoms with Gasteiger partial charge in [-0.3, -0.25) is 31.2 Å². The van der Waals surface area contributed by atoms with Crippen molar-refractivity contribution in [3.8, 4) is 0 Å². The second-order valence-electron chi connectivity index (χ2n) is 7.21. The highest BCUT2D eigenvalue weighted by Gasteiger charge is 2.23. The van der Waals surface area contributed by atoms with Gasteiger partial charge in [-0.15, -0.1) is 0 Å². The number of rotatable bonds is 8. The number of halogens is 2. The highest BCUT2D eigenvalue weighted by Crippen LogP contribution is 2.20. The van der Waals surface area contributed by atoms with E-state index in [4.69, 9.17) is 23.1 Å². The second kappa shape index (κ2) is 10.4. The summed E-state index contributed by atoms with van der Waals surface area (Å²) in [5, 5.41) is 10.4. The maximum atomic E-state index is 13.2. The maximum absolute atomic E-state index is 13.2. The molecule has 0 saturated heterocycles. The summed E-state index contributed by atoms with van der Waals surface area (Å²) in [6.45, 7) is -0.0985. The highest BCUT2D eigenvalue weighted by molar-refractivity contribution is 6.34. The zero-order valence-corrected chi connectivity index (χ0v) is 18.7. The third-order valence-corrected chi connectivity index (χ3v) is 4.98. The Bertz CT molecular complexity index is 1210. The van der Waals surface area contributed by atoms with E-state index in [-0.39, 0.29) is 28.5 Å². The van der Waals surface area contributed by atoms with E-state index in [0.29, 0.717) is 11.4 Å². The molecule has 13 heteroatoms. The van der Waals surface area contributed by atoms with Gasteiger partial charge in [-0.05, 0) is 49.5 Å². The van der Waals surface area contributed by atoms with Crippen molar-refractivity contribution >= 4 is 40.7 Å². The lowest BCUT2D eigenvalue weighted by atomic mass is 10.2. The molecular formula is C21H22ClFN8O3. The number of aromatic nitrogens is 2. The van der Waals surface area contributed by atoms with E-state index in [9.17, 15) is 18.8 Å². The van der Waals surface area contributed by atoms with Crippen molar-refractivity contribution in [1.29, 1.82) is 0 Å². The Morgan fingerprint density at radius 3 is 2.24 bits per heavy atom. The van der Waals surface area contributed by atoms with Crippen LogP contribution in [0.5, 0.6) is 0 Å². The van der Waals surface area contributed by atoms with E-state index in [1.165, 1.54) is 31.6 Å². The summed E-state index contributed by atoms with van der Waals surface area (Å²) in [6.07, 6.45) is 1.21. The van der Waals surface area contributed by atoms with Gasteiger partial charge in [0.15, 0.2) is 5.69 Å². The van der Waals surface area contributed by atoms with Crippen LogP contribution in [-0.4, -0.2) is 47.1 Å². The van der Waals surface area contributed by atoms with E-state index in [1.54, 1.807) is 12.1 Å². The first-order valence-electron chi connectivity index (χ1n) is 9.85. The first-order chi connectivity index (χ1) is 16.1. The second-order valence-corrected chi connectivity index (χ2v) is 7.62. The molecule has 1 heterocycles. The molecule has 0 aliphatic heterocycles. The molecule has 0 radical (unpaired) electrons. The topological polar surface area (TPSA) is 180 Å². The molecular weight excluding hydrogens is 467 g/mol. The Morgan fingerprint density at radius 2 is 1.65 bits per heavy atom. The quantitative estimate of drug-likeness (QED) is 0.233. The molecule has 0 spiro atoms. The summed E-state index contributed by atoms with van der Waals surface area (Å²) < 4.78 is 13.2. The number of anilines is 2. The molecule has 0 aliphatic carbocycles.